The minimum atomic E-state index is -3.59. The molecule has 0 fully saturated rings. The molecule has 1 amide bonds. The van der Waals surface area contributed by atoms with Crippen molar-refractivity contribution in [2.45, 2.75) is 39.1 Å². The van der Waals surface area contributed by atoms with Gasteiger partial charge in [-0.1, -0.05) is 32.0 Å². The maximum Gasteiger partial charge on any atom is 0.262 e. The first-order valence-electron chi connectivity index (χ1n) is 11.7. The van der Waals surface area contributed by atoms with Crippen molar-refractivity contribution in [1.29, 1.82) is 0 Å². The highest BCUT2D eigenvalue weighted by Crippen LogP contribution is 2.31. The van der Waals surface area contributed by atoms with E-state index in [2.05, 4.69) is 33.7 Å². The number of nitrogens with zero attached hydrogens (tertiary/aromatic N) is 1. The lowest BCUT2D eigenvalue weighted by Crippen LogP contribution is -2.27. The van der Waals surface area contributed by atoms with E-state index in [1.165, 1.54) is 6.07 Å². The maximum absolute atomic E-state index is 12.6. The largest absolute Gasteiger partial charge is 0.483 e. The fourth-order valence-corrected chi connectivity index (χ4v) is 5.42. The van der Waals surface area contributed by atoms with E-state index in [1.807, 2.05) is 44.2 Å². The van der Waals surface area contributed by atoms with Crippen LogP contribution in [0.2, 0.25) is 0 Å². The lowest BCUT2D eigenvalue weighted by atomic mass is 10.1. The lowest BCUT2D eigenvalue weighted by molar-refractivity contribution is -0.118. The molecule has 0 spiro atoms. The van der Waals surface area contributed by atoms with Crippen LogP contribution in [-0.2, 0) is 21.4 Å². The van der Waals surface area contributed by atoms with Gasteiger partial charge < -0.3 is 14.6 Å². The molecule has 4 rings (SSSR count). The van der Waals surface area contributed by atoms with Gasteiger partial charge in [-0.2, -0.15) is 0 Å². The van der Waals surface area contributed by atoms with E-state index in [9.17, 15) is 13.2 Å². The molecule has 0 saturated carbocycles. The first-order chi connectivity index (χ1) is 16.7. The Hall–Kier alpha value is -3.36. The molecule has 184 valence electrons. The summed E-state index contributed by atoms with van der Waals surface area (Å²) in [5.41, 5.74) is 3.62. The van der Waals surface area contributed by atoms with E-state index in [0.29, 0.717) is 23.5 Å². The SMILES string of the molecule is CCn1c2ccccc2c2cc(NC(=O)COc3ccc(S(=O)(=O)NCC(C)C)cc3C)ccc21. The number of rotatable bonds is 9. The maximum atomic E-state index is 12.6. The van der Waals surface area contributed by atoms with Crippen molar-refractivity contribution in [1.82, 2.24) is 9.29 Å². The number of hydrogen-bond acceptors (Lipinski definition) is 4. The van der Waals surface area contributed by atoms with Crippen LogP contribution >= 0.6 is 0 Å². The molecule has 0 saturated heterocycles. The number of sulfonamides is 1. The third-order valence-corrected chi connectivity index (χ3v) is 7.29. The van der Waals surface area contributed by atoms with Crippen molar-refractivity contribution in [3.63, 3.8) is 0 Å². The number of aromatic nitrogens is 1. The molecule has 7 nitrogen and oxygen atoms in total. The summed E-state index contributed by atoms with van der Waals surface area (Å²) in [6.45, 7) is 8.79. The van der Waals surface area contributed by atoms with Gasteiger partial charge in [0.25, 0.3) is 5.91 Å². The van der Waals surface area contributed by atoms with Crippen LogP contribution in [0.5, 0.6) is 5.75 Å². The zero-order chi connectivity index (χ0) is 25.2. The number of amides is 1. The van der Waals surface area contributed by atoms with Gasteiger partial charge in [-0.15, -0.1) is 0 Å². The Morgan fingerprint density at radius 1 is 1.00 bits per heavy atom. The van der Waals surface area contributed by atoms with Crippen LogP contribution in [0.1, 0.15) is 26.3 Å². The number of benzene rings is 3. The molecule has 0 radical (unpaired) electrons. The lowest BCUT2D eigenvalue weighted by Gasteiger charge is -2.13. The van der Waals surface area contributed by atoms with Gasteiger partial charge in [0.1, 0.15) is 5.75 Å². The van der Waals surface area contributed by atoms with Crippen LogP contribution in [0.4, 0.5) is 5.69 Å². The van der Waals surface area contributed by atoms with Gasteiger partial charge in [-0.25, -0.2) is 13.1 Å². The normalized spacial score (nSPS) is 11.9. The summed E-state index contributed by atoms with van der Waals surface area (Å²) in [5, 5.41) is 5.13. The summed E-state index contributed by atoms with van der Waals surface area (Å²) >= 11 is 0. The average molecular weight is 494 g/mol. The summed E-state index contributed by atoms with van der Waals surface area (Å²) in [5.74, 6) is 0.376. The molecule has 0 aliphatic carbocycles. The van der Waals surface area contributed by atoms with Crippen LogP contribution in [0, 0.1) is 12.8 Å². The molecule has 0 unspecified atom stereocenters. The van der Waals surface area contributed by atoms with Gasteiger partial charge in [0, 0.05) is 40.6 Å². The van der Waals surface area contributed by atoms with Crippen molar-refractivity contribution < 1.29 is 17.9 Å². The van der Waals surface area contributed by atoms with Crippen molar-refractivity contribution >= 4 is 43.4 Å². The number of hydrogen-bond donors (Lipinski definition) is 2. The second-order valence-corrected chi connectivity index (χ2v) is 10.8. The molecule has 2 N–H and O–H groups in total. The molecular formula is C27H31N3O4S. The Morgan fingerprint density at radius 2 is 1.74 bits per heavy atom. The minimum absolute atomic E-state index is 0.173. The Balaban J connectivity index is 1.44. The van der Waals surface area contributed by atoms with Gasteiger partial charge in [0.2, 0.25) is 10.0 Å². The first kappa shape index (κ1) is 24.8. The van der Waals surface area contributed by atoms with Crippen molar-refractivity contribution in [2.75, 3.05) is 18.5 Å². The predicted octanol–water partition coefficient (Wildman–Crippen LogP) is 5.07. The van der Waals surface area contributed by atoms with Crippen LogP contribution in [0.15, 0.2) is 65.6 Å². The Bertz CT molecular complexity index is 1490. The molecule has 8 heteroatoms. The fraction of sp³-hybridized carbons (Fsp3) is 0.296. The molecule has 1 aromatic heterocycles. The molecule has 0 atom stereocenters. The van der Waals surface area contributed by atoms with Crippen molar-refractivity contribution in [3.05, 3.63) is 66.2 Å². The summed E-state index contributed by atoms with van der Waals surface area (Å²) in [6.07, 6.45) is 0. The van der Waals surface area contributed by atoms with Gasteiger partial charge in [-0.05, 0) is 67.8 Å². The number of carbonyl (C=O) groups excluding carboxylic acids is 1. The van der Waals surface area contributed by atoms with Crippen LogP contribution in [-0.4, -0.2) is 32.0 Å². The second kappa shape index (κ2) is 10.1. The molecule has 4 aromatic rings. The quantitative estimate of drug-likeness (QED) is 0.340. The average Bonchev–Trinajstić information content (AvgIpc) is 3.15. The van der Waals surface area contributed by atoms with E-state index >= 15 is 0 Å². The highest BCUT2D eigenvalue weighted by molar-refractivity contribution is 7.89. The summed E-state index contributed by atoms with van der Waals surface area (Å²) < 4.78 is 35.4. The Kier molecular flexibility index (Phi) is 7.14. The van der Waals surface area contributed by atoms with E-state index in [4.69, 9.17) is 4.74 Å². The molecule has 1 heterocycles. The zero-order valence-corrected chi connectivity index (χ0v) is 21.3. The number of ether oxygens (including phenoxy) is 1. The van der Waals surface area contributed by atoms with Crippen LogP contribution in [0.25, 0.3) is 21.8 Å². The molecule has 35 heavy (non-hydrogen) atoms. The van der Waals surface area contributed by atoms with Crippen molar-refractivity contribution in [2.24, 2.45) is 5.92 Å². The van der Waals surface area contributed by atoms with Crippen LogP contribution < -0.4 is 14.8 Å². The second-order valence-electron chi connectivity index (χ2n) is 9.00. The standard InChI is InChI=1S/C27H31N3O4S/c1-5-30-24-9-7-6-8-22(24)23-15-20(10-12-25(23)30)29-27(31)17-34-26-13-11-21(14-19(26)4)35(32,33)28-16-18(2)3/h6-15,18,28H,5,16-17H2,1-4H3,(H,29,31). The van der Waals surface area contributed by atoms with Gasteiger partial charge in [0.15, 0.2) is 6.61 Å². The highest BCUT2D eigenvalue weighted by atomic mass is 32.2. The molecular weight excluding hydrogens is 462 g/mol. The van der Waals surface area contributed by atoms with Gasteiger partial charge in [0.05, 0.1) is 4.90 Å². The monoisotopic (exact) mass is 493 g/mol. The van der Waals surface area contributed by atoms with E-state index in [1.54, 1.807) is 19.1 Å². The van der Waals surface area contributed by atoms with Gasteiger partial charge >= 0.3 is 0 Å². The third-order valence-electron chi connectivity index (χ3n) is 5.87. The first-order valence-corrected chi connectivity index (χ1v) is 13.2. The van der Waals surface area contributed by atoms with Crippen LogP contribution in [0.3, 0.4) is 0 Å². The Labute approximate surface area is 206 Å². The fourth-order valence-electron chi connectivity index (χ4n) is 4.12. The van der Waals surface area contributed by atoms with E-state index in [0.717, 1.165) is 28.4 Å². The minimum Gasteiger partial charge on any atom is -0.483 e. The van der Waals surface area contributed by atoms with E-state index in [-0.39, 0.29) is 23.3 Å². The van der Waals surface area contributed by atoms with Crippen molar-refractivity contribution in [3.8, 4) is 5.75 Å². The smallest absolute Gasteiger partial charge is 0.262 e. The predicted molar refractivity (Wildman–Crippen MR) is 140 cm³/mol. The number of carbonyl (C=O) groups is 1. The van der Waals surface area contributed by atoms with E-state index < -0.39 is 10.0 Å². The number of aryl methyl sites for hydroxylation is 2. The Morgan fingerprint density at radius 3 is 2.46 bits per heavy atom. The molecule has 3 aromatic carbocycles. The summed E-state index contributed by atoms with van der Waals surface area (Å²) in [7, 11) is -3.59. The topological polar surface area (TPSA) is 89.4 Å². The number of fused-ring (bicyclic) bond motifs is 3. The zero-order valence-electron chi connectivity index (χ0n) is 20.5. The highest BCUT2D eigenvalue weighted by Gasteiger charge is 2.16. The summed E-state index contributed by atoms with van der Waals surface area (Å²) in [6, 6.07) is 18.7. The number of nitrogens with one attached hydrogen (secondary N) is 2. The number of para-hydroxylation sites is 1. The van der Waals surface area contributed by atoms with Gasteiger partial charge in [-0.3, -0.25) is 4.79 Å². The molecule has 0 aliphatic rings. The molecule has 0 aliphatic heterocycles. The third kappa shape index (κ3) is 5.33. The molecule has 0 bridgehead atoms. The number of anilines is 1. The summed E-state index contributed by atoms with van der Waals surface area (Å²) in [4.78, 5) is 12.8.